The molecule has 0 atom stereocenters. The van der Waals surface area contributed by atoms with Gasteiger partial charge in [0, 0.05) is 16.6 Å². The fraction of sp³-hybridized carbons (Fsp3) is 0.286. The number of nitrogens with one attached hydrogen (secondary N) is 1. The summed E-state index contributed by atoms with van der Waals surface area (Å²) < 4.78 is 23.2. The van der Waals surface area contributed by atoms with E-state index < -0.39 is 11.8 Å². The summed E-state index contributed by atoms with van der Waals surface area (Å²) in [5.74, 6) is -0.750. The van der Waals surface area contributed by atoms with Gasteiger partial charge in [-0.1, -0.05) is 0 Å². The van der Waals surface area contributed by atoms with E-state index in [1.807, 2.05) is 0 Å². The molecule has 0 unspecified atom stereocenters. The zero-order valence-electron chi connectivity index (χ0n) is 11.9. The van der Waals surface area contributed by atoms with E-state index in [0.717, 1.165) is 4.88 Å². The second-order valence-corrected chi connectivity index (χ2v) is 5.32. The lowest BCUT2D eigenvalue weighted by atomic mass is 10.3. The van der Waals surface area contributed by atoms with Gasteiger partial charge in [-0.2, -0.15) is 0 Å². The lowest BCUT2D eigenvalue weighted by Crippen LogP contribution is -2.06. The standard InChI is InChI=1S/C14H15FN2O3S/c1-4-20-13(18)12-8(2)21-14(17-12)16-9-5-6-10(15)11(7-9)19-3/h5-7H,4H2,1-3H3,(H,16,17). The summed E-state index contributed by atoms with van der Waals surface area (Å²) in [5, 5.41) is 3.55. The van der Waals surface area contributed by atoms with Crippen LogP contribution >= 0.6 is 11.3 Å². The number of ether oxygens (including phenoxy) is 2. The zero-order valence-corrected chi connectivity index (χ0v) is 12.7. The third kappa shape index (κ3) is 3.49. The molecule has 0 saturated carbocycles. The summed E-state index contributed by atoms with van der Waals surface area (Å²) in [5.41, 5.74) is 0.913. The molecule has 21 heavy (non-hydrogen) atoms. The minimum atomic E-state index is -0.448. The van der Waals surface area contributed by atoms with Crippen molar-refractivity contribution in [3.63, 3.8) is 0 Å². The smallest absolute Gasteiger partial charge is 0.358 e. The van der Waals surface area contributed by atoms with Crippen molar-refractivity contribution in [1.29, 1.82) is 0 Å². The molecule has 2 rings (SSSR count). The van der Waals surface area contributed by atoms with E-state index in [-0.39, 0.29) is 5.75 Å². The lowest BCUT2D eigenvalue weighted by molar-refractivity contribution is 0.0519. The highest BCUT2D eigenvalue weighted by molar-refractivity contribution is 7.15. The number of thiazole rings is 1. The van der Waals surface area contributed by atoms with Crippen LogP contribution in [0.2, 0.25) is 0 Å². The Labute approximate surface area is 125 Å². The summed E-state index contributed by atoms with van der Waals surface area (Å²) in [6.45, 7) is 3.83. The number of aryl methyl sites for hydroxylation is 1. The topological polar surface area (TPSA) is 60.5 Å². The molecule has 0 amide bonds. The highest BCUT2D eigenvalue weighted by Crippen LogP contribution is 2.28. The number of rotatable bonds is 5. The highest BCUT2D eigenvalue weighted by atomic mass is 32.1. The van der Waals surface area contributed by atoms with Crippen molar-refractivity contribution in [2.24, 2.45) is 0 Å². The van der Waals surface area contributed by atoms with E-state index in [0.29, 0.717) is 23.1 Å². The second-order valence-electron chi connectivity index (χ2n) is 4.12. The summed E-state index contributed by atoms with van der Waals surface area (Å²) in [4.78, 5) is 16.7. The monoisotopic (exact) mass is 310 g/mol. The maximum Gasteiger partial charge on any atom is 0.358 e. The van der Waals surface area contributed by atoms with Crippen molar-refractivity contribution in [2.45, 2.75) is 13.8 Å². The molecular weight excluding hydrogens is 295 g/mol. The van der Waals surface area contributed by atoms with Crippen molar-refractivity contribution in [3.8, 4) is 5.75 Å². The first-order valence-electron chi connectivity index (χ1n) is 6.30. The molecular formula is C14H15FN2O3S. The van der Waals surface area contributed by atoms with Gasteiger partial charge in [0.2, 0.25) is 0 Å². The van der Waals surface area contributed by atoms with Gasteiger partial charge in [0.15, 0.2) is 22.4 Å². The van der Waals surface area contributed by atoms with Gasteiger partial charge in [-0.15, -0.1) is 11.3 Å². The molecule has 0 aliphatic carbocycles. The minimum absolute atomic E-state index is 0.138. The number of nitrogens with zero attached hydrogens (tertiary/aromatic N) is 1. The molecule has 112 valence electrons. The van der Waals surface area contributed by atoms with Crippen LogP contribution in [0, 0.1) is 12.7 Å². The molecule has 0 bridgehead atoms. The molecule has 0 fully saturated rings. The highest BCUT2D eigenvalue weighted by Gasteiger charge is 2.16. The average Bonchev–Trinajstić information content (AvgIpc) is 2.82. The Bertz CT molecular complexity index is 658. The van der Waals surface area contributed by atoms with Crippen molar-refractivity contribution in [1.82, 2.24) is 4.98 Å². The number of benzene rings is 1. The predicted octanol–water partition coefficient (Wildman–Crippen LogP) is 3.52. The van der Waals surface area contributed by atoms with Gasteiger partial charge >= 0.3 is 5.97 Å². The van der Waals surface area contributed by atoms with Crippen molar-refractivity contribution >= 4 is 28.1 Å². The van der Waals surface area contributed by atoms with Crippen molar-refractivity contribution in [3.05, 3.63) is 34.6 Å². The number of anilines is 2. The summed E-state index contributed by atoms with van der Waals surface area (Å²) in [6.07, 6.45) is 0. The number of hydrogen-bond acceptors (Lipinski definition) is 6. The van der Waals surface area contributed by atoms with Gasteiger partial charge in [-0.05, 0) is 26.0 Å². The van der Waals surface area contributed by atoms with Gasteiger partial charge < -0.3 is 14.8 Å². The number of methoxy groups -OCH3 is 1. The van der Waals surface area contributed by atoms with E-state index >= 15 is 0 Å². The molecule has 0 radical (unpaired) electrons. The number of halogens is 1. The molecule has 1 aromatic heterocycles. The predicted molar refractivity (Wildman–Crippen MR) is 79.0 cm³/mol. The molecule has 1 aromatic carbocycles. The number of carbonyl (C=O) groups is 1. The molecule has 5 nitrogen and oxygen atoms in total. The maximum atomic E-state index is 13.3. The van der Waals surface area contributed by atoms with Crippen LogP contribution < -0.4 is 10.1 Å². The first-order valence-corrected chi connectivity index (χ1v) is 7.12. The number of carbonyl (C=O) groups excluding carboxylic acids is 1. The summed E-state index contributed by atoms with van der Waals surface area (Å²) in [6, 6.07) is 4.39. The van der Waals surface area contributed by atoms with Crippen molar-refractivity contribution in [2.75, 3.05) is 19.0 Å². The SMILES string of the molecule is CCOC(=O)c1nc(Nc2ccc(F)c(OC)c2)sc1C. The zero-order chi connectivity index (χ0) is 15.4. The number of aromatic nitrogens is 1. The minimum Gasteiger partial charge on any atom is -0.494 e. The Hall–Kier alpha value is -2.15. The number of hydrogen-bond donors (Lipinski definition) is 1. The van der Waals surface area contributed by atoms with Crippen LogP contribution in [0.4, 0.5) is 15.2 Å². The molecule has 0 spiro atoms. The summed E-state index contributed by atoms with van der Waals surface area (Å²) in [7, 11) is 1.40. The Morgan fingerprint density at radius 1 is 1.48 bits per heavy atom. The normalized spacial score (nSPS) is 10.3. The Morgan fingerprint density at radius 3 is 2.90 bits per heavy atom. The van der Waals surface area contributed by atoms with Crippen LogP contribution in [-0.2, 0) is 4.74 Å². The molecule has 1 heterocycles. The van der Waals surface area contributed by atoms with Gasteiger partial charge in [0.25, 0.3) is 0 Å². The molecule has 2 aromatic rings. The van der Waals surface area contributed by atoms with Gasteiger partial charge in [0.05, 0.1) is 13.7 Å². The van der Waals surface area contributed by atoms with E-state index in [2.05, 4.69) is 10.3 Å². The fourth-order valence-corrected chi connectivity index (χ4v) is 2.52. The quantitative estimate of drug-likeness (QED) is 0.856. The second kappa shape index (κ2) is 6.53. The van der Waals surface area contributed by atoms with Crippen LogP contribution in [-0.4, -0.2) is 24.7 Å². The molecule has 0 aliphatic heterocycles. The Kier molecular flexibility index (Phi) is 4.74. The third-order valence-electron chi connectivity index (χ3n) is 2.67. The fourth-order valence-electron chi connectivity index (χ4n) is 1.70. The Morgan fingerprint density at radius 2 is 2.24 bits per heavy atom. The van der Waals surface area contributed by atoms with Gasteiger partial charge in [-0.3, -0.25) is 0 Å². The van der Waals surface area contributed by atoms with E-state index in [4.69, 9.17) is 9.47 Å². The third-order valence-corrected chi connectivity index (χ3v) is 3.55. The van der Waals surface area contributed by atoms with Crippen LogP contribution in [0.3, 0.4) is 0 Å². The van der Waals surface area contributed by atoms with E-state index in [1.165, 1.54) is 30.6 Å². The van der Waals surface area contributed by atoms with E-state index in [9.17, 15) is 9.18 Å². The maximum absolute atomic E-state index is 13.3. The molecule has 1 N–H and O–H groups in total. The molecule has 0 aliphatic rings. The van der Waals surface area contributed by atoms with Gasteiger partial charge in [-0.25, -0.2) is 14.2 Å². The van der Waals surface area contributed by atoms with Crippen molar-refractivity contribution < 1.29 is 18.7 Å². The first kappa shape index (κ1) is 15.2. The van der Waals surface area contributed by atoms with Crippen LogP contribution in [0.1, 0.15) is 22.3 Å². The Balaban J connectivity index is 2.20. The molecule has 0 saturated heterocycles. The number of esters is 1. The van der Waals surface area contributed by atoms with Crippen LogP contribution in [0.25, 0.3) is 0 Å². The van der Waals surface area contributed by atoms with Crippen LogP contribution in [0.5, 0.6) is 5.75 Å². The van der Waals surface area contributed by atoms with Crippen LogP contribution in [0.15, 0.2) is 18.2 Å². The van der Waals surface area contributed by atoms with Gasteiger partial charge in [0.1, 0.15) is 0 Å². The first-order chi connectivity index (χ1) is 10.0. The lowest BCUT2D eigenvalue weighted by Gasteiger charge is -2.06. The van der Waals surface area contributed by atoms with E-state index in [1.54, 1.807) is 19.9 Å². The largest absolute Gasteiger partial charge is 0.494 e. The average molecular weight is 310 g/mol. The molecule has 7 heteroatoms. The summed E-state index contributed by atoms with van der Waals surface area (Å²) >= 11 is 1.32.